The number of benzene rings is 1. The molecule has 0 spiro atoms. The second kappa shape index (κ2) is 6.25. The second-order valence-electron chi connectivity index (χ2n) is 6.42. The number of hydrogen-bond acceptors (Lipinski definition) is 5. The number of para-hydroxylation sites is 2. The number of nitrogens with zero attached hydrogens (tertiary/aromatic N) is 4. The molecule has 7 heteroatoms. The van der Waals surface area contributed by atoms with Crippen molar-refractivity contribution in [1.82, 2.24) is 19.7 Å². The summed E-state index contributed by atoms with van der Waals surface area (Å²) in [6, 6.07) is 9.57. The van der Waals surface area contributed by atoms with Gasteiger partial charge in [-0.25, -0.2) is 9.97 Å². The molecule has 0 aliphatic heterocycles. The Bertz CT molecular complexity index is 1110. The molecule has 0 saturated heterocycles. The van der Waals surface area contributed by atoms with E-state index in [0.29, 0.717) is 23.8 Å². The van der Waals surface area contributed by atoms with Gasteiger partial charge in [0.1, 0.15) is 0 Å². The Hall–Kier alpha value is -3.22. The molecule has 0 fully saturated rings. The van der Waals surface area contributed by atoms with E-state index in [1.54, 1.807) is 6.07 Å². The minimum atomic E-state index is -0.264. The summed E-state index contributed by atoms with van der Waals surface area (Å²) in [4.78, 5) is 21.5. The van der Waals surface area contributed by atoms with Gasteiger partial charge >= 0.3 is 0 Å². The number of fused-ring (bicyclic) bond motifs is 2. The van der Waals surface area contributed by atoms with Crippen LogP contribution in [0.2, 0.25) is 0 Å². The predicted molar refractivity (Wildman–Crippen MR) is 99.3 cm³/mol. The number of amides is 1. The fraction of sp³-hybridized carbons (Fsp3) is 0.263. The zero-order valence-corrected chi connectivity index (χ0v) is 14.9. The minimum Gasteiger partial charge on any atom is -0.336 e. The summed E-state index contributed by atoms with van der Waals surface area (Å²) < 4.78 is 7.20. The van der Waals surface area contributed by atoms with Crippen molar-refractivity contribution in [3.05, 3.63) is 47.8 Å². The first-order valence-electron chi connectivity index (χ1n) is 8.60. The summed E-state index contributed by atoms with van der Waals surface area (Å²) in [6.07, 6.45) is 1.49. The average Bonchev–Trinajstić information content (AvgIpc) is 3.21. The molecule has 0 radical (unpaired) electrons. The summed E-state index contributed by atoms with van der Waals surface area (Å²) >= 11 is 0. The van der Waals surface area contributed by atoms with Crippen LogP contribution in [0.15, 0.2) is 41.1 Å². The van der Waals surface area contributed by atoms with Crippen LogP contribution in [-0.2, 0) is 6.54 Å². The molecule has 0 saturated carbocycles. The third-order valence-electron chi connectivity index (χ3n) is 4.36. The van der Waals surface area contributed by atoms with Gasteiger partial charge in [0.15, 0.2) is 0 Å². The number of aryl methyl sites for hydroxylation is 1. The smallest absolute Gasteiger partial charge is 0.259 e. The summed E-state index contributed by atoms with van der Waals surface area (Å²) in [7, 11) is 0. The summed E-state index contributed by atoms with van der Waals surface area (Å²) in [5.74, 6) is 0.439. The average molecular weight is 349 g/mol. The standard InChI is InChI=1S/C19H19N5O2/c1-4-24-15-8-6-5-7-14(15)21-19(24)22-17(25)12-9-13-16(11(2)3)23-26-18(13)20-10-12/h5-11H,4H2,1-3H3,(H,21,22,25). The fourth-order valence-corrected chi connectivity index (χ4v) is 3.06. The zero-order valence-electron chi connectivity index (χ0n) is 14.9. The van der Waals surface area contributed by atoms with Crippen molar-refractivity contribution in [1.29, 1.82) is 0 Å². The Morgan fingerprint density at radius 2 is 2.12 bits per heavy atom. The fourth-order valence-electron chi connectivity index (χ4n) is 3.06. The van der Waals surface area contributed by atoms with E-state index in [2.05, 4.69) is 20.4 Å². The molecule has 4 aromatic rings. The Morgan fingerprint density at radius 1 is 1.31 bits per heavy atom. The van der Waals surface area contributed by atoms with Gasteiger partial charge in [0, 0.05) is 12.7 Å². The van der Waals surface area contributed by atoms with Crippen LogP contribution in [0, 0.1) is 0 Å². The van der Waals surface area contributed by atoms with Crippen molar-refractivity contribution in [2.75, 3.05) is 5.32 Å². The van der Waals surface area contributed by atoms with Gasteiger partial charge in [-0.2, -0.15) is 0 Å². The van der Waals surface area contributed by atoms with Crippen LogP contribution in [-0.4, -0.2) is 25.6 Å². The van der Waals surface area contributed by atoms with Crippen LogP contribution in [0.25, 0.3) is 22.1 Å². The minimum absolute atomic E-state index is 0.181. The maximum Gasteiger partial charge on any atom is 0.259 e. The predicted octanol–water partition coefficient (Wildman–Crippen LogP) is 3.97. The molecule has 4 rings (SSSR count). The van der Waals surface area contributed by atoms with Crippen LogP contribution >= 0.6 is 0 Å². The largest absolute Gasteiger partial charge is 0.336 e. The molecule has 0 atom stereocenters. The lowest BCUT2D eigenvalue weighted by Gasteiger charge is -2.07. The van der Waals surface area contributed by atoms with E-state index in [1.165, 1.54) is 6.20 Å². The van der Waals surface area contributed by atoms with E-state index >= 15 is 0 Å². The highest BCUT2D eigenvalue weighted by atomic mass is 16.5. The molecular formula is C19H19N5O2. The summed E-state index contributed by atoms with van der Waals surface area (Å²) in [5, 5.41) is 7.71. The Morgan fingerprint density at radius 3 is 2.88 bits per heavy atom. The van der Waals surface area contributed by atoms with E-state index < -0.39 is 0 Å². The van der Waals surface area contributed by atoms with Crippen LogP contribution < -0.4 is 5.32 Å². The van der Waals surface area contributed by atoms with E-state index in [9.17, 15) is 4.79 Å². The van der Waals surface area contributed by atoms with Gasteiger partial charge in [0.25, 0.3) is 11.6 Å². The molecule has 0 aliphatic rings. The van der Waals surface area contributed by atoms with Crippen molar-refractivity contribution >= 4 is 34.0 Å². The van der Waals surface area contributed by atoms with Gasteiger partial charge in [0.2, 0.25) is 5.95 Å². The highest BCUT2D eigenvalue weighted by molar-refractivity contribution is 6.05. The van der Waals surface area contributed by atoms with Crippen LogP contribution in [0.4, 0.5) is 5.95 Å². The Balaban J connectivity index is 1.70. The Kier molecular flexibility index (Phi) is 3.91. The Labute approximate surface area is 150 Å². The van der Waals surface area contributed by atoms with Gasteiger partial charge in [-0.05, 0) is 31.0 Å². The number of aromatic nitrogens is 4. The molecule has 7 nitrogen and oxygen atoms in total. The van der Waals surface area contributed by atoms with Crippen molar-refractivity contribution < 1.29 is 9.32 Å². The third kappa shape index (κ3) is 2.61. The molecule has 1 amide bonds. The SMILES string of the molecule is CCn1c(NC(=O)c2cnc3onc(C(C)C)c3c2)nc2ccccc21. The van der Waals surface area contributed by atoms with Crippen LogP contribution in [0.5, 0.6) is 0 Å². The quantitative estimate of drug-likeness (QED) is 0.602. The van der Waals surface area contributed by atoms with Crippen molar-refractivity contribution in [3.63, 3.8) is 0 Å². The number of hydrogen-bond donors (Lipinski definition) is 1. The molecule has 3 heterocycles. The summed E-state index contributed by atoms with van der Waals surface area (Å²) in [6.45, 7) is 6.77. The van der Waals surface area contributed by atoms with Crippen molar-refractivity contribution in [3.8, 4) is 0 Å². The normalized spacial score (nSPS) is 11.5. The summed E-state index contributed by atoms with van der Waals surface area (Å²) in [5.41, 5.74) is 3.51. The number of carbonyl (C=O) groups is 1. The first-order chi connectivity index (χ1) is 12.6. The molecule has 1 N–H and O–H groups in total. The molecular weight excluding hydrogens is 330 g/mol. The lowest BCUT2D eigenvalue weighted by Crippen LogP contribution is -2.16. The van der Waals surface area contributed by atoms with Gasteiger partial charge in [-0.15, -0.1) is 0 Å². The van der Waals surface area contributed by atoms with Crippen molar-refractivity contribution in [2.45, 2.75) is 33.2 Å². The van der Waals surface area contributed by atoms with E-state index in [1.807, 2.05) is 49.6 Å². The number of rotatable bonds is 4. The molecule has 132 valence electrons. The number of nitrogens with one attached hydrogen (secondary N) is 1. The van der Waals surface area contributed by atoms with Gasteiger partial charge in [0.05, 0.1) is 27.7 Å². The third-order valence-corrected chi connectivity index (χ3v) is 4.36. The first kappa shape index (κ1) is 16.3. The van der Waals surface area contributed by atoms with Gasteiger partial charge in [-0.3, -0.25) is 10.1 Å². The first-order valence-corrected chi connectivity index (χ1v) is 8.60. The zero-order chi connectivity index (χ0) is 18.3. The lowest BCUT2D eigenvalue weighted by atomic mass is 10.1. The number of imidazole rings is 1. The number of anilines is 1. The van der Waals surface area contributed by atoms with Crippen LogP contribution in [0.1, 0.15) is 42.7 Å². The monoisotopic (exact) mass is 349 g/mol. The maximum absolute atomic E-state index is 12.8. The molecule has 3 aromatic heterocycles. The molecule has 26 heavy (non-hydrogen) atoms. The highest BCUT2D eigenvalue weighted by Gasteiger charge is 2.17. The number of pyridine rings is 1. The highest BCUT2D eigenvalue weighted by Crippen LogP contribution is 2.25. The molecule has 0 unspecified atom stereocenters. The van der Waals surface area contributed by atoms with Gasteiger partial charge in [-0.1, -0.05) is 31.1 Å². The maximum atomic E-state index is 12.8. The van der Waals surface area contributed by atoms with Gasteiger partial charge < -0.3 is 9.09 Å². The van der Waals surface area contributed by atoms with Crippen molar-refractivity contribution in [2.24, 2.45) is 0 Å². The van der Waals surface area contributed by atoms with E-state index in [-0.39, 0.29) is 11.8 Å². The second-order valence-corrected chi connectivity index (χ2v) is 6.42. The lowest BCUT2D eigenvalue weighted by molar-refractivity contribution is 0.102. The molecule has 1 aromatic carbocycles. The van der Waals surface area contributed by atoms with E-state index in [0.717, 1.165) is 22.1 Å². The van der Waals surface area contributed by atoms with E-state index in [4.69, 9.17) is 4.52 Å². The molecule has 0 aliphatic carbocycles. The molecule has 0 bridgehead atoms. The topological polar surface area (TPSA) is 85.8 Å². The van der Waals surface area contributed by atoms with Crippen LogP contribution in [0.3, 0.4) is 0 Å². The number of carbonyl (C=O) groups excluding carboxylic acids is 1.